The van der Waals surface area contributed by atoms with Crippen LogP contribution >= 0.6 is 15.9 Å². The quantitative estimate of drug-likeness (QED) is 0.865. The number of hydrogen-bond donors (Lipinski definition) is 2. The summed E-state index contributed by atoms with van der Waals surface area (Å²) >= 11 is 3.26. The van der Waals surface area contributed by atoms with Crippen LogP contribution in [-0.2, 0) is 11.2 Å². The van der Waals surface area contributed by atoms with Gasteiger partial charge in [0.2, 0.25) is 0 Å². The Morgan fingerprint density at radius 2 is 2.43 bits per heavy atom. The van der Waals surface area contributed by atoms with Gasteiger partial charge in [0.1, 0.15) is 5.82 Å². The molecular formula is C9H11BrN2O2. The largest absolute Gasteiger partial charge is 0.481 e. The molecule has 0 aromatic carbocycles. The number of nitrogen functional groups attached to an aromatic ring is 1. The van der Waals surface area contributed by atoms with Crippen LogP contribution in [0.25, 0.3) is 0 Å². The van der Waals surface area contributed by atoms with Gasteiger partial charge in [-0.15, -0.1) is 0 Å². The summed E-state index contributed by atoms with van der Waals surface area (Å²) in [6.07, 6.45) is 1.98. The van der Waals surface area contributed by atoms with Crippen LogP contribution in [0.5, 0.6) is 0 Å². The highest BCUT2D eigenvalue weighted by atomic mass is 79.9. The van der Waals surface area contributed by atoms with Crippen LogP contribution in [0.4, 0.5) is 5.82 Å². The van der Waals surface area contributed by atoms with Gasteiger partial charge in [-0.3, -0.25) is 4.79 Å². The van der Waals surface area contributed by atoms with E-state index in [4.69, 9.17) is 10.8 Å². The second kappa shape index (κ2) is 4.41. The molecule has 5 heteroatoms. The van der Waals surface area contributed by atoms with E-state index in [1.807, 2.05) is 0 Å². The third-order valence-electron chi connectivity index (χ3n) is 1.92. The Morgan fingerprint density at radius 1 is 1.79 bits per heavy atom. The monoisotopic (exact) mass is 258 g/mol. The van der Waals surface area contributed by atoms with Gasteiger partial charge in [-0.2, -0.15) is 0 Å². The zero-order valence-electron chi connectivity index (χ0n) is 7.70. The number of anilines is 1. The first-order valence-corrected chi connectivity index (χ1v) is 4.92. The smallest absolute Gasteiger partial charge is 0.306 e. The minimum atomic E-state index is -0.829. The van der Waals surface area contributed by atoms with Gasteiger partial charge in [-0.05, 0) is 34.0 Å². The average Bonchev–Trinajstić information content (AvgIpc) is 2.11. The number of pyridine rings is 1. The number of halogens is 1. The van der Waals surface area contributed by atoms with Gasteiger partial charge in [0.15, 0.2) is 0 Å². The number of nitrogens with two attached hydrogens (primary N) is 1. The topological polar surface area (TPSA) is 76.2 Å². The molecule has 0 aliphatic carbocycles. The second-order valence-electron chi connectivity index (χ2n) is 3.14. The molecule has 0 saturated carbocycles. The van der Waals surface area contributed by atoms with Gasteiger partial charge in [0.25, 0.3) is 0 Å². The molecule has 0 aliphatic heterocycles. The number of aromatic nitrogens is 1. The molecule has 0 spiro atoms. The molecule has 0 aliphatic rings. The van der Waals surface area contributed by atoms with Crippen molar-refractivity contribution in [3.63, 3.8) is 0 Å². The van der Waals surface area contributed by atoms with Crippen molar-refractivity contribution in [2.24, 2.45) is 5.92 Å². The van der Waals surface area contributed by atoms with Gasteiger partial charge in [0.05, 0.1) is 5.92 Å². The summed E-state index contributed by atoms with van der Waals surface area (Å²) in [6.45, 7) is 1.64. The van der Waals surface area contributed by atoms with E-state index in [2.05, 4.69) is 20.9 Å². The van der Waals surface area contributed by atoms with Crippen molar-refractivity contribution < 1.29 is 9.90 Å². The fourth-order valence-electron chi connectivity index (χ4n) is 1.07. The Bertz CT molecular complexity index is 355. The van der Waals surface area contributed by atoms with E-state index in [0.29, 0.717) is 12.2 Å². The van der Waals surface area contributed by atoms with Crippen molar-refractivity contribution in [3.8, 4) is 0 Å². The van der Waals surface area contributed by atoms with Gasteiger partial charge in [0, 0.05) is 10.7 Å². The summed E-state index contributed by atoms with van der Waals surface area (Å²) in [5.74, 6) is -0.890. The molecule has 1 unspecified atom stereocenters. The highest BCUT2D eigenvalue weighted by Crippen LogP contribution is 2.18. The van der Waals surface area contributed by atoms with Gasteiger partial charge in [-0.25, -0.2) is 4.98 Å². The minimum absolute atomic E-state index is 0.390. The molecule has 1 aromatic heterocycles. The van der Waals surface area contributed by atoms with Crippen molar-refractivity contribution in [2.45, 2.75) is 13.3 Å². The molecule has 0 fully saturated rings. The number of carboxylic acid groups (broad SMARTS) is 1. The van der Waals surface area contributed by atoms with Crippen LogP contribution in [0.1, 0.15) is 12.5 Å². The summed E-state index contributed by atoms with van der Waals surface area (Å²) in [7, 11) is 0. The van der Waals surface area contributed by atoms with Crippen molar-refractivity contribution in [1.29, 1.82) is 0 Å². The fourth-order valence-corrected chi connectivity index (χ4v) is 1.45. The molecule has 14 heavy (non-hydrogen) atoms. The third kappa shape index (κ3) is 2.70. The lowest BCUT2D eigenvalue weighted by Crippen LogP contribution is -2.13. The van der Waals surface area contributed by atoms with Crippen molar-refractivity contribution in [3.05, 3.63) is 22.3 Å². The first-order chi connectivity index (χ1) is 6.50. The number of aliphatic carboxylic acids is 1. The Morgan fingerprint density at radius 3 is 3.00 bits per heavy atom. The van der Waals surface area contributed by atoms with Gasteiger partial charge >= 0.3 is 5.97 Å². The predicted molar refractivity (Wildman–Crippen MR) is 56.9 cm³/mol. The van der Waals surface area contributed by atoms with Crippen LogP contribution < -0.4 is 5.73 Å². The van der Waals surface area contributed by atoms with Crippen molar-refractivity contribution in [2.75, 3.05) is 5.73 Å². The van der Waals surface area contributed by atoms with Crippen molar-refractivity contribution in [1.82, 2.24) is 4.98 Å². The highest BCUT2D eigenvalue weighted by molar-refractivity contribution is 9.10. The van der Waals surface area contributed by atoms with Crippen LogP contribution in [0.15, 0.2) is 16.7 Å². The molecule has 76 valence electrons. The summed E-state index contributed by atoms with van der Waals surface area (Å²) in [4.78, 5) is 14.6. The highest BCUT2D eigenvalue weighted by Gasteiger charge is 2.13. The molecule has 0 saturated heterocycles. The van der Waals surface area contributed by atoms with Crippen molar-refractivity contribution >= 4 is 27.7 Å². The van der Waals surface area contributed by atoms with Gasteiger partial charge < -0.3 is 10.8 Å². The number of carbonyl (C=O) groups is 1. The maximum atomic E-state index is 10.6. The van der Waals surface area contributed by atoms with Gasteiger partial charge in [-0.1, -0.05) is 6.92 Å². The van der Waals surface area contributed by atoms with E-state index < -0.39 is 11.9 Å². The maximum Gasteiger partial charge on any atom is 0.306 e. The lowest BCUT2D eigenvalue weighted by Gasteiger charge is -2.08. The van der Waals surface area contributed by atoms with Crippen LogP contribution in [0, 0.1) is 5.92 Å². The Labute approximate surface area is 90.3 Å². The Hall–Kier alpha value is -1.10. The number of rotatable bonds is 3. The van der Waals surface area contributed by atoms with Crippen LogP contribution in [0.3, 0.4) is 0 Å². The average molecular weight is 259 g/mol. The molecule has 1 heterocycles. The second-order valence-corrected chi connectivity index (χ2v) is 4.06. The van der Waals surface area contributed by atoms with E-state index in [1.165, 1.54) is 0 Å². The first kappa shape index (κ1) is 11.0. The molecule has 1 rings (SSSR count). The van der Waals surface area contributed by atoms with Crippen LogP contribution in [0.2, 0.25) is 0 Å². The zero-order valence-corrected chi connectivity index (χ0v) is 9.28. The summed E-state index contributed by atoms with van der Waals surface area (Å²) in [5.41, 5.74) is 6.37. The molecule has 0 radical (unpaired) electrons. The Kier molecular flexibility index (Phi) is 3.46. The minimum Gasteiger partial charge on any atom is -0.481 e. The van der Waals surface area contributed by atoms with E-state index in [1.54, 1.807) is 19.2 Å². The maximum absolute atomic E-state index is 10.6. The summed E-state index contributed by atoms with van der Waals surface area (Å²) < 4.78 is 0.805. The molecule has 1 atom stereocenters. The zero-order chi connectivity index (χ0) is 10.7. The summed E-state index contributed by atoms with van der Waals surface area (Å²) in [5, 5.41) is 8.73. The lowest BCUT2D eigenvalue weighted by molar-refractivity contribution is -0.141. The normalized spacial score (nSPS) is 12.4. The Balaban J connectivity index is 2.85. The molecule has 1 aromatic rings. The lowest BCUT2D eigenvalue weighted by atomic mass is 10.0. The standard InChI is InChI=1S/C9H11BrN2O2/c1-5(9(13)14)2-6-3-7(10)4-12-8(6)11/h3-5H,2H2,1H3,(H2,11,12)(H,13,14). The SMILES string of the molecule is CC(Cc1cc(Br)cnc1N)C(=O)O. The fraction of sp³-hybridized carbons (Fsp3) is 0.333. The van der Waals surface area contributed by atoms with E-state index in [-0.39, 0.29) is 0 Å². The number of hydrogen-bond acceptors (Lipinski definition) is 3. The molecule has 0 amide bonds. The first-order valence-electron chi connectivity index (χ1n) is 4.13. The third-order valence-corrected chi connectivity index (χ3v) is 2.35. The predicted octanol–water partition coefficient (Wildman–Crippen LogP) is 1.69. The van der Waals surface area contributed by atoms with Crippen LogP contribution in [-0.4, -0.2) is 16.1 Å². The molecule has 4 nitrogen and oxygen atoms in total. The number of nitrogens with zero attached hydrogens (tertiary/aromatic N) is 1. The molecule has 3 N–H and O–H groups in total. The number of carboxylic acids is 1. The van der Waals surface area contributed by atoms with E-state index >= 15 is 0 Å². The van der Waals surface area contributed by atoms with E-state index in [9.17, 15) is 4.79 Å². The molecular weight excluding hydrogens is 248 g/mol. The van der Waals surface area contributed by atoms with E-state index in [0.717, 1.165) is 10.0 Å². The molecule has 0 bridgehead atoms. The summed E-state index contributed by atoms with van der Waals surface area (Å²) in [6, 6.07) is 1.79.